The third kappa shape index (κ3) is 4.30. The van der Waals surface area contributed by atoms with Gasteiger partial charge in [-0.15, -0.1) is 0 Å². The maximum atomic E-state index is 13.2. The van der Waals surface area contributed by atoms with Gasteiger partial charge in [-0.1, -0.05) is 43.6 Å². The van der Waals surface area contributed by atoms with Crippen LogP contribution in [0.4, 0.5) is 5.69 Å². The maximum Gasteiger partial charge on any atom is 0.278 e. The van der Waals surface area contributed by atoms with Crippen LogP contribution < -0.4 is 10.1 Å². The van der Waals surface area contributed by atoms with E-state index in [-0.39, 0.29) is 23.4 Å². The van der Waals surface area contributed by atoms with Crippen molar-refractivity contribution in [2.24, 2.45) is 5.92 Å². The van der Waals surface area contributed by atoms with Gasteiger partial charge in [-0.25, -0.2) is 0 Å². The molecule has 5 nitrogen and oxygen atoms in total. The van der Waals surface area contributed by atoms with Crippen LogP contribution in [0.1, 0.15) is 31.9 Å². The lowest BCUT2D eigenvalue weighted by atomic mass is 10.0. The molecule has 2 amide bonds. The Bertz CT molecular complexity index is 965. The molecule has 0 bridgehead atoms. The summed E-state index contributed by atoms with van der Waals surface area (Å²) in [5, 5.41) is 3.77. The molecule has 0 atom stereocenters. The number of halogens is 1. The minimum absolute atomic E-state index is 0.164. The van der Waals surface area contributed by atoms with Crippen LogP contribution in [0.25, 0.3) is 5.57 Å². The largest absolute Gasteiger partial charge is 0.494 e. The highest BCUT2D eigenvalue weighted by Crippen LogP contribution is 2.33. The van der Waals surface area contributed by atoms with Crippen LogP contribution in [-0.4, -0.2) is 29.9 Å². The van der Waals surface area contributed by atoms with Crippen molar-refractivity contribution in [2.75, 3.05) is 18.5 Å². The van der Waals surface area contributed by atoms with E-state index in [1.807, 2.05) is 39.8 Å². The summed E-state index contributed by atoms with van der Waals surface area (Å²) in [6.07, 6.45) is 0. The number of carbonyl (C=O) groups is 2. The van der Waals surface area contributed by atoms with Crippen LogP contribution in [0.15, 0.2) is 48.2 Å². The third-order valence-corrected chi connectivity index (χ3v) is 5.11. The zero-order valence-corrected chi connectivity index (χ0v) is 17.8. The number of carbonyl (C=O) groups excluding carboxylic acids is 2. The predicted octanol–water partition coefficient (Wildman–Crippen LogP) is 4.90. The minimum Gasteiger partial charge on any atom is -0.494 e. The molecule has 152 valence electrons. The van der Waals surface area contributed by atoms with Crippen molar-refractivity contribution >= 4 is 34.7 Å². The van der Waals surface area contributed by atoms with Gasteiger partial charge in [0.05, 0.1) is 12.2 Å². The average Bonchev–Trinajstić information content (AvgIpc) is 2.90. The van der Waals surface area contributed by atoms with E-state index in [9.17, 15) is 9.59 Å². The van der Waals surface area contributed by atoms with E-state index >= 15 is 0 Å². The highest BCUT2D eigenvalue weighted by Gasteiger charge is 2.39. The molecule has 2 aromatic carbocycles. The van der Waals surface area contributed by atoms with E-state index in [0.717, 1.165) is 5.56 Å². The summed E-state index contributed by atoms with van der Waals surface area (Å²) in [7, 11) is 0. The number of nitrogens with zero attached hydrogens (tertiary/aromatic N) is 1. The molecule has 0 radical (unpaired) electrons. The number of ether oxygens (including phenoxy) is 1. The Morgan fingerprint density at radius 2 is 1.76 bits per heavy atom. The normalized spacial score (nSPS) is 14.2. The van der Waals surface area contributed by atoms with Crippen LogP contribution in [0.5, 0.6) is 5.75 Å². The summed E-state index contributed by atoms with van der Waals surface area (Å²) in [5.74, 6) is 0.256. The highest BCUT2D eigenvalue weighted by molar-refractivity contribution is 6.36. The molecule has 2 aromatic rings. The van der Waals surface area contributed by atoms with Gasteiger partial charge in [-0.3, -0.25) is 14.5 Å². The summed E-state index contributed by atoms with van der Waals surface area (Å²) in [5.41, 5.74) is 2.81. The Balaban J connectivity index is 2.06. The van der Waals surface area contributed by atoms with Gasteiger partial charge in [0.25, 0.3) is 11.8 Å². The monoisotopic (exact) mass is 412 g/mol. The van der Waals surface area contributed by atoms with Crippen molar-refractivity contribution in [2.45, 2.75) is 27.7 Å². The van der Waals surface area contributed by atoms with Crippen LogP contribution in [-0.2, 0) is 9.59 Å². The molecule has 0 fully saturated rings. The summed E-state index contributed by atoms with van der Waals surface area (Å²) in [4.78, 5) is 27.6. The van der Waals surface area contributed by atoms with Gasteiger partial charge < -0.3 is 10.1 Å². The van der Waals surface area contributed by atoms with Gasteiger partial charge >= 0.3 is 0 Å². The summed E-state index contributed by atoms with van der Waals surface area (Å²) in [6, 6.07) is 12.6. The Labute approximate surface area is 176 Å². The van der Waals surface area contributed by atoms with Gasteiger partial charge in [0.2, 0.25) is 0 Å². The minimum atomic E-state index is -0.327. The van der Waals surface area contributed by atoms with E-state index in [1.54, 1.807) is 30.3 Å². The number of imide groups is 1. The van der Waals surface area contributed by atoms with E-state index in [2.05, 4.69) is 5.32 Å². The predicted molar refractivity (Wildman–Crippen MR) is 116 cm³/mol. The second-order valence-corrected chi connectivity index (χ2v) is 7.77. The number of hydrogen-bond donors (Lipinski definition) is 1. The fourth-order valence-electron chi connectivity index (χ4n) is 3.25. The van der Waals surface area contributed by atoms with Crippen LogP contribution >= 0.6 is 11.6 Å². The highest BCUT2D eigenvalue weighted by atomic mass is 35.5. The van der Waals surface area contributed by atoms with Crippen molar-refractivity contribution in [3.05, 3.63) is 64.3 Å². The SMILES string of the molecule is CCOc1ccc(C2=C(Nc3cccc(Cl)c3C)C(=O)N(CC(C)C)C2=O)cc1. The second-order valence-electron chi connectivity index (χ2n) is 7.36. The standard InChI is InChI=1S/C23H25ClN2O3/c1-5-29-17-11-9-16(10-12-17)20-21(23(28)26(22(20)27)13-14(2)3)25-19-8-6-7-18(24)15(19)4/h6-12,14,25H,5,13H2,1-4H3. The molecular formula is C23H25ClN2O3. The molecule has 3 rings (SSSR count). The number of benzene rings is 2. The van der Waals surface area contributed by atoms with Gasteiger partial charge in [-0.05, 0) is 55.2 Å². The first-order valence-electron chi connectivity index (χ1n) is 9.69. The first kappa shape index (κ1) is 20.9. The number of nitrogens with one attached hydrogen (secondary N) is 1. The zero-order chi connectivity index (χ0) is 21.1. The number of hydrogen-bond acceptors (Lipinski definition) is 4. The number of rotatable bonds is 7. The molecule has 1 heterocycles. The molecule has 29 heavy (non-hydrogen) atoms. The van der Waals surface area contributed by atoms with Crippen molar-refractivity contribution < 1.29 is 14.3 Å². The first-order chi connectivity index (χ1) is 13.8. The zero-order valence-electron chi connectivity index (χ0n) is 17.1. The maximum absolute atomic E-state index is 13.2. The summed E-state index contributed by atoms with van der Waals surface area (Å²) in [6.45, 7) is 8.65. The van der Waals surface area contributed by atoms with Gasteiger partial charge in [0.1, 0.15) is 11.4 Å². The summed E-state index contributed by atoms with van der Waals surface area (Å²) < 4.78 is 5.49. The molecule has 6 heteroatoms. The topological polar surface area (TPSA) is 58.6 Å². The Kier molecular flexibility index (Phi) is 6.28. The smallest absolute Gasteiger partial charge is 0.278 e. The van der Waals surface area contributed by atoms with Gasteiger partial charge in [-0.2, -0.15) is 0 Å². The van der Waals surface area contributed by atoms with E-state index < -0.39 is 0 Å². The lowest BCUT2D eigenvalue weighted by Crippen LogP contribution is -2.35. The molecule has 1 aliphatic heterocycles. The van der Waals surface area contributed by atoms with E-state index in [1.165, 1.54) is 4.90 Å². The number of anilines is 1. The lowest BCUT2D eigenvalue weighted by molar-refractivity contribution is -0.137. The fraction of sp³-hybridized carbons (Fsp3) is 0.304. The van der Waals surface area contributed by atoms with Crippen molar-refractivity contribution in [1.29, 1.82) is 0 Å². The van der Waals surface area contributed by atoms with Gasteiger partial charge in [0, 0.05) is 17.3 Å². The van der Waals surface area contributed by atoms with E-state index in [0.29, 0.717) is 40.7 Å². The van der Waals surface area contributed by atoms with Crippen molar-refractivity contribution in [1.82, 2.24) is 4.90 Å². The third-order valence-electron chi connectivity index (χ3n) is 4.70. The van der Waals surface area contributed by atoms with Crippen LogP contribution in [0.2, 0.25) is 5.02 Å². The Morgan fingerprint density at radius 1 is 1.07 bits per heavy atom. The molecule has 0 aromatic heterocycles. The quantitative estimate of drug-likeness (QED) is 0.657. The molecule has 1 N–H and O–H groups in total. The van der Waals surface area contributed by atoms with Crippen molar-refractivity contribution in [3.63, 3.8) is 0 Å². The molecule has 1 aliphatic rings. The molecule has 0 unspecified atom stereocenters. The lowest BCUT2D eigenvalue weighted by Gasteiger charge is -2.17. The fourth-order valence-corrected chi connectivity index (χ4v) is 3.43. The number of amides is 2. The summed E-state index contributed by atoms with van der Waals surface area (Å²) >= 11 is 6.23. The molecule has 0 saturated carbocycles. The first-order valence-corrected chi connectivity index (χ1v) is 10.1. The average molecular weight is 413 g/mol. The molecular weight excluding hydrogens is 388 g/mol. The van der Waals surface area contributed by atoms with Gasteiger partial charge in [0.15, 0.2) is 0 Å². The van der Waals surface area contributed by atoms with Crippen LogP contribution in [0, 0.1) is 12.8 Å². The van der Waals surface area contributed by atoms with E-state index in [4.69, 9.17) is 16.3 Å². The molecule has 0 aliphatic carbocycles. The van der Waals surface area contributed by atoms with Crippen LogP contribution in [0.3, 0.4) is 0 Å². The Morgan fingerprint density at radius 3 is 2.38 bits per heavy atom. The van der Waals surface area contributed by atoms with Crippen molar-refractivity contribution in [3.8, 4) is 5.75 Å². The molecule has 0 saturated heterocycles. The Hall–Kier alpha value is -2.79. The molecule has 0 spiro atoms. The second kappa shape index (κ2) is 8.70.